The van der Waals surface area contributed by atoms with Gasteiger partial charge in [-0.3, -0.25) is 9.89 Å². The van der Waals surface area contributed by atoms with Crippen LogP contribution in [-0.2, 0) is 4.74 Å². The molecular formula is C22H38FIN6O2. The fourth-order valence-corrected chi connectivity index (χ4v) is 3.31. The highest BCUT2D eigenvalue weighted by Gasteiger charge is 2.19. The average Bonchev–Trinajstić information content (AvgIpc) is 2.72. The summed E-state index contributed by atoms with van der Waals surface area (Å²) in [7, 11) is 1.72. The quantitative estimate of drug-likeness (QED) is 0.195. The third kappa shape index (κ3) is 10.7. The molecule has 0 saturated carbocycles. The molecule has 1 saturated heterocycles. The van der Waals surface area contributed by atoms with Crippen LogP contribution in [0.2, 0.25) is 0 Å². The molecule has 0 radical (unpaired) electrons. The molecule has 1 aliphatic heterocycles. The van der Waals surface area contributed by atoms with E-state index in [1.165, 1.54) is 6.07 Å². The van der Waals surface area contributed by atoms with E-state index < -0.39 is 11.7 Å². The predicted octanol–water partition coefficient (Wildman–Crippen LogP) is 2.65. The van der Waals surface area contributed by atoms with Gasteiger partial charge in [0.2, 0.25) is 0 Å². The van der Waals surface area contributed by atoms with Crippen LogP contribution < -0.4 is 20.9 Å². The fraction of sp³-hybridized carbons (Fsp3) is 0.636. The second kappa shape index (κ2) is 14.4. The minimum atomic E-state index is -0.501. The smallest absolute Gasteiger partial charge is 0.407 e. The van der Waals surface area contributed by atoms with E-state index >= 15 is 0 Å². The van der Waals surface area contributed by atoms with Crippen molar-refractivity contribution < 1.29 is 13.9 Å². The number of carbonyl (C=O) groups excluding carboxylic acids is 1. The van der Waals surface area contributed by atoms with Gasteiger partial charge in [0.1, 0.15) is 11.4 Å². The molecule has 0 atom stereocenters. The second-order valence-electron chi connectivity index (χ2n) is 8.49. The Labute approximate surface area is 208 Å². The highest BCUT2D eigenvalue weighted by atomic mass is 127. The summed E-state index contributed by atoms with van der Waals surface area (Å²) in [5.41, 5.74) is 0.194. The van der Waals surface area contributed by atoms with Crippen molar-refractivity contribution in [1.82, 2.24) is 20.9 Å². The van der Waals surface area contributed by atoms with Crippen molar-refractivity contribution in [1.29, 1.82) is 0 Å². The third-order valence-electron chi connectivity index (χ3n) is 4.82. The summed E-state index contributed by atoms with van der Waals surface area (Å²) in [4.78, 5) is 20.3. The lowest BCUT2D eigenvalue weighted by Gasteiger charge is -2.36. The average molecular weight is 564 g/mol. The van der Waals surface area contributed by atoms with Crippen molar-refractivity contribution >= 4 is 41.7 Å². The Bertz CT molecular complexity index is 721. The maximum absolute atomic E-state index is 13.9. The third-order valence-corrected chi connectivity index (χ3v) is 4.82. The van der Waals surface area contributed by atoms with Crippen LogP contribution in [0.3, 0.4) is 0 Å². The van der Waals surface area contributed by atoms with Gasteiger partial charge in [0.25, 0.3) is 0 Å². The Kier molecular flexibility index (Phi) is 12.7. The first-order valence-electron chi connectivity index (χ1n) is 10.9. The summed E-state index contributed by atoms with van der Waals surface area (Å²) < 4.78 is 19.1. The Morgan fingerprint density at radius 1 is 1.06 bits per heavy atom. The molecule has 1 aliphatic rings. The SMILES string of the molecule is CN=C(NCCCN1CCN(c2ccccc2F)CC1)NCCNC(=O)OC(C)(C)C.I. The number of piperazine rings is 1. The summed E-state index contributed by atoms with van der Waals surface area (Å²) in [6.07, 6.45) is 0.559. The molecule has 0 bridgehead atoms. The first-order valence-corrected chi connectivity index (χ1v) is 10.9. The molecule has 2 rings (SSSR count). The summed E-state index contributed by atoms with van der Waals surface area (Å²) in [6.45, 7) is 11.8. The number of para-hydroxylation sites is 1. The Morgan fingerprint density at radius 3 is 2.31 bits per heavy atom. The number of nitrogens with zero attached hydrogens (tertiary/aromatic N) is 3. The van der Waals surface area contributed by atoms with Crippen LogP contribution in [0.4, 0.5) is 14.9 Å². The van der Waals surface area contributed by atoms with Crippen LogP contribution in [-0.4, -0.2) is 82.0 Å². The van der Waals surface area contributed by atoms with E-state index in [-0.39, 0.29) is 29.8 Å². The zero-order valence-corrected chi connectivity index (χ0v) is 21.9. The second-order valence-corrected chi connectivity index (χ2v) is 8.49. The number of carbonyl (C=O) groups is 1. The molecule has 10 heteroatoms. The van der Waals surface area contributed by atoms with Crippen LogP contribution in [0.5, 0.6) is 0 Å². The number of ether oxygens (including phenoxy) is 1. The number of alkyl carbamates (subject to hydrolysis) is 1. The largest absolute Gasteiger partial charge is 0.444 e. The van der Waals surface area contributed by atoms with Crippen LogP contribution in [0.1, 0.15) is 27.2 Å². The summed E-state index contributed by atoms with van der Waals surface area (Å²) in [6, 6.07) is 6.96. The number of halogens is 2. The van der Waals surface area contributed by atoms with Crippen LogP contribution in [0.15, 0.2) is 29.3 Å². The molecule has 0 unspecified atom stereocenters. The van der Waals surface area contributed by atoms with Crippen molar-refractivity contribution in [2.45, 2.75) is 32.8 Å². The zero-order chi connectivity index (χ0) is 22.7. The first kappa shape index (κ1) is 28.2. The number of rotatable bonds is 8. The lowest BCUT2D eigenvalue weighted by molar-refractivity contribution is 0.0529. The number of hydrogen-bond donors (Lipinski definition) is 3. The molecule has 1 aromatic rings. The topological polar surface area (TPSA) is 81.2 Å². The van der Waals surface area contributed by atoms with E-state index in [4.69, 9.17) is 4.74 Å². The van der Waals surface area contributed by atoms with Gasteiger partial charge in [0.15, 0.2) is 5.96 Å². The number of hydrogen-bond acceptors (Lipinski definition) is 5. The minimum Gasteiger partial charge on any atom is -0.444 e. The normalized spacial score (nSPS) is 15.0. The van der Waals surface area contributed by atoms with E-state index in [9.17, 15) is 9.18 Å². The Hall–Kier alpha value is -1.82. The number of amides is 1. The first-order chi connectivity index (χ1) is 14.8. The minimum absolute atomic E-state index is 0. The van der Waals surface area contributed by atoms with Crippen LogP contribution in [0.25, 0.3) is 0 Å². The molecule has 1 heterocycles. The van der Waals surface area contributed by atoms with Crippen molar-refractivity contribution in [2.24, 2.45) is 4.99 Å². The van der Waals surface area contributed by atoms with Crippen molar-refractivity contribution in [3.8, 4) is 0 Å². The van der Waals surface area contributed by atoms with E-state index in [1.54, 1.807) is 13.1 Å². The van der Waals surface area contributed by atoms with Crippen molar-refractivity contribution in [3.63, 3.8) is 0 Å². The van der Waals surface area contributed by atoms with E-state index in [2.05, 4.69) is 30.7 Å². The van der Waals surface area contributed by atoms with E-state index in [0.29, 0.717) is 24.7 Å². The van der Waals surface area contributed by atoms with Crippen LogP contribution in [0, 0.1) is 5.82 Å². The van der Waals surface area contributed by atoms with Gasteiger partial charge < -0.3 is 25.6 Å². The van der Waals surface area contributed by atoms with Gasteiger partial charge in [-0.25, -0.2) is 9.18 Å². The van der Waals surface area contributed by atoms with Gasteiger partial charge in [-0.15, -0.1) is 24.0 Å². The van der Waals surface area contributed by atoms with Gasteiger partial charge in [-0.1, -0.05) is 12.1 Å². The molecular weight excluding hydrogens is 526 g/mol. The highest BCUT2D eigenvalue weighted by Crippen LogP contribution is 2.20. The molecule has 1 fully saturated rings. The fourth-order valence-electron chi connectivity index (χ4n) is 3.31. The number of benzene rings is 1. The molecule has 3 N–H and O–H groups in total. The standard InChI is InChI=1S/C22H37FN6O2.HI/c1-22(2,3)31-21(30)27-12-11-26-20(24-4)25-10-7-13-28-14-16-29(17-15-28)19-9-6-5-8-18(19)23;/h5-6,8-9H,7,10-17H2,1-4H3,(H,27,30)(H2,24,25,26);1H. The number of nitrogens with one attached hydrogen (secondary N) is 3. The van der Waals surface area contributed by atoms with Gasteiger partial charge in [-0.05, 0) is 45.9 Å². The molecule has 0 aromatic heterocycles. The summed E-state index contributed by atoms with van der Waals surface area (Å²) in [5.74, 6) is 0.552. The van der Waals surface area contributed by atoms with Gasteiger partial charge >= 0.3 is 6.09 Å². The zero-order valence-electron chi connectivity index (χ0n) is 19.6. The molecule has 182 valence electrons. The molecule has 1 amide bonds. The molecule has 8 nitrogen and oxygen atoms in total. The molecule has 32 heavy (non-hydrogen) atoms. The number of guanidine groups is 1. The lowest BCUT2D eigenvalue weighted by Crippen LogP contribution is -2.47. The highest BCUT2D eigenvalue weighted by molar-refractivity contribution is 14.0. The number of aliphatic imine (C=N–C) groups is 1. The van der Waals surface area contributed by atoms with Crippen molar-refractivity contribution in [3.05, 3.63) is 30.1 Å². The Morgan fingerprint density at radius 2 is 1.69 bits per heavy atom. The summed E-state index contributed by atoms with van der Waals surface area (Å²) >= 11 is 0. The van der Waals surface area contributed by atoms with Gasteiger partial charge in [0.05, 0.1) is 5.69 Å². The molecule has 1 aromatic carbocycles. The lowest BCUT2D eigenvalue weighted by atomic mass is 10.2. The van der Waals surface area contributed by atoms with E-state index in [1.807, 2.05) is 32.9 Å². The number of anilines is 1. The predicted molar refractivity (Wildman–Crippen MR) is 139 cm³/mol. The molecule has 0 aliphatic carbocycles. The Balaban J connectivity index is 0.00000512. The van der Waals surface area contributed by atoms with Crippen LogP contribution >= 0.6 is 24.0 Å². The van der Waals surface area contributed by atoms with Gasteiger partial charge in [0, 0.05) is 52.9 Å². The van der Waals surface area contributed by atoms with Gasteiger partial charge in [-0.2, -0.15) is 0 Å². The monoisotopic (exact) mass is 564 g/mol. The van der Waals surface area contributed by atoms with Crippen molar-refractivity contribution in [2.75, 3.05) is 64.3 Å². The summed E-state index contributed by atoms with van der Waals surface area (Å²) in [5, 5.41) is 9.16. The molecule has 0 spiro atoms. The maximum atomic E-state index is 13.9. The van der Waals surface area contributed by atoms with E-state index in [0.717, 1.165) is 45.7 Å². The maximum Gasteiger partial charge on any atom is 0.407 e.